The molecule has 2 aliphatic rings. The zero-order valence-electron chi connectivity index (χ0n) is 12.7. The smallest absolute Gasteiger partial charge is 0.369 e. The molecule has 23 heavy (non-hydrogen) atoms. The van der Waals surface area contributed by atoms with E-state index in [1.54, 1.807) is 19.1 Å². The molecule has 0 fully saturated rings. The van der Waals surface area contributed by atoms with Crippen LogP contribution in [0, 0.1) is 6.92 Å². The summed E-state index contributed by atoms with van der Waals surface area (Å²) in [6.07, 6.45) is -1.23. The Hall–Kier alpha value is -1.89. The van der Waals surface area contributed by atoms with Crippen LogP contribution in [0.15, 0.2) is 29.6 Å². The average molecular weight is 326 g/mol. The Morgan fingerprint density at radius 3 is 2.61 bits per heavy atom. The fourth-order valence-corrected chi connectivity index (χ4v) is 3.29. The van der Waals surface area contributed by atoms with Gasteiger partial charge in [-0.25, -0.2) is 4.98 Å². The minimum atomic E-state index is -5.05. The van der Waals surface area contributed by atoms with Crippen LogP contribution < -0.4 is 4.90 Å². The van der Waals surface area contributed by atoms with Gasteiger partial charge in [0.15, 0.2) is 0 Å². The van der Waals surface area contributed by atoms with Crippen LogP contribution in [-0.2, 0) is 4.79 Å². The van der Waals surface area contributed by atoms with Crippen molar-refractivity contribution in [2.24, 2.45) is 0 Å². The van der Waals surface area contributed by atoms with E-state index in [1.165, 1.54) is 6.20 Å². The predicted octanol–water partition coefficient (Wildman–Crippen LogP) is 3.25. The SMILES string of the molecule is Cc1ccnc(N2C(=O)C(O)(C(F)(F)F)C3=C2CCCCC3)c1. The number of alkyl halides is 3. The number of aliphatic hydroxyl groups is 1. The fourth-order valence-electron chi connectivity index (χ4n) is 3.29. The lowest BCUT2D eigenvalue weighted by molar-refractivity contribution is -0.235. The summed E-state index contributed by atoms with van der Waals surface area (Å²) in [6.45, 7) is 1.77. The molecule has 0 saturated heterocycles. The number of anilines is 1. The van der Waals surface area contributed by atoms with Crippen LogP contribution in [0.1, 0.15) is 37.7 Å². The van der Waals surface area contributed by atoms with E-state index in [2.05, 4.69) is 4.98 Å². The third-order valence-electron chi connectivity index (χ3n) is 4.45. The Bertz CT molecular complexity index is 684. The van der Waals surface area contributed by atoms with Crippen LogP contribution in [0.25, 0.3) is 0 Å². The Kier molecular flexibility index (Phi) is 3.71. The molecule has 124 valence electrons. The molecule has 1 amide bonds. The number of pyridine rings is 1. The highest BCUT2D eigenvalue weighted by Crippen LogP contribution is 2.49. The molecule has 0 radical (unpaired) electrons. The molecule has 1 unspecified atom stereocenters. The van der Waals surface area contributed by atoms with Crippen molar-refractivity contribution in [1.29, 1.82) is 0 Å². The van der Waals surface area contributed by atoms with Gasteiger partial charge < -0.3 is 5.11 Å². The van der Waals surface area contributed by atoms with E-state index in [9.17, 15) is 23.1 Å². The highest BCUT2D eigenvalue weighted by molar-refractivity contribution is 6.08. The van der Waals surface area contributed by atoms with Crippen molar-refractivity contribution in [2.75, 3.05) is 4.90 Å². The first-order chi connectivity index (χ1) is 10.8. The second kappa shape index (κ2) is 5.33. The molecule has 2 heterocycles. The molecular formula is C16H17F3N2O2. The summed E-state index contributed by atoms with van der Waals surface area (Å²) in [5.41, 5.74) is -2.61. The maximum atomic E-state index is 13.5. The summed E-state index contributed by atoms with van der Waals surface area (Å²) < 4.78 is 40.5. The van der Waals surface area contributed by atoms with Crippen molar-refractivity contribution >= 4 is 11.7 Å². The molecule has 1 N–H and O–H groups in total. The molecule has 0 spiro atoms. The van der Waals surface area contributed by atoms with Gasteiger partial charge in [0.25, 0.3) is 11.5 Å². The molecule has 3 rings (SSSR count). The normalized spacial score (nSPS) is 25.6. The summed E-state index contributed by atoms with van der Waals surface area (Å²) in [4.78, 5) is 17.5. The summed E-state index contributed by atoms with van der Waals surface area (Å²) >= 11 is 0. The Labute approximate surface area is 131 Å². The van der Waals surface area contributed by atoms with Crippen molar-refractivity contribution in [3.8, 4) is 0 Å². The highest BCUT2D eigenvalue weighted by atomic mass is 19.4. The predicted molar refractivity (Wildman–Crippen MR) is 77.6 cm³/mol. The van der Waals surface area contributed by atoms with Crippen molar-refractivity contribution in [3.63, 3.8) is 0 Å². The van der Waals surface area contributed by atoms with Gasteiger partial charge in [-0.3, -0.25) is 9.69 Å². The Morgan fingerprint density at radius 2 is 1.96 bits per heavy atom. The van der Waals surface area contributed by atoms with E-state index < -0.39 is 17.7 Å². The molecule has 0 aromatic carbocycles. The molecule has 1 aliphatic heterocycles. The first-order valence-corrected chi connectivity index (χ1v) is 7.55. The molecular weight excluding hydrogens is 309 g/mol. The minimum absolute atomic E-state index is 0.0688. The fraction of sp³-hybridized carbons (Fsp3) is 0.500. The van der Waals surface area contributed by atoms with Crippen molar-refractivity contribution in [1.82, 2.24) is 4.98 Å². The average Bonchev–Trinajstić information content (AvgIpc) is 2.64. The first kappa shape index (κ1) is 16.0. The number of aryl methyl sites for hydroxylation is 1. The maximum absolute atomic E-state index is 13.5. The van der Waals surface area contributed by atoms with E-state index in [0.717, 1.165) is 16.9 Å². The number of carbonyl (C=O) groups excluding carboxylic acids is 1. The third kappa shape index (κ3) is 2.34. The summed E-state index contributed by atoms with van der Waals surface area (Å²) in [7, 11) is 0. The van der Waals surface area contributed by atoms with Crippen molar-refractivity contribution in [2.45, 2.75) is 50.8 Å². The topological polar surface area (TPSA) is 53.4 Å². The van der Waals surface area contributed by atoms with E-state index in [4.69, 9.17) is 0 Å². The third-order valence-corrected chi connectivity index (χ3v) is 4.45. The molecule has 4 nitrogen and oxygen atoms in total. The lowest BCUT2D eigenvalue weighted by Crippen LogP contribution is -2.54. The molecule has 7 heteroatoms. The largest absolute Gasteiger partial charge is 0.430 e. The van der Waals surface area contributed by atoms with E-state index in [0.29, 0.717) is 19.3 Å². The van der Waals surface area contributed by atoms with Gasteiger partial charge in [-0.15, -0.1) is 0 Å². The van der Waals surface area contributed by atoms with Crippen LogP contribution in [0.3, 0.4) is 0 Å². The van der Waals surface area contributed by atoms with Crippen LogP contribution in [-0.4, -0.2) is 27.8 Å². The highest BCUT2D eigenvalue weighted by Gasteiger charge is 2.67. The summed E-state index contributed by atoms with van der Waals surface area (Å²) in [5, 5.41) is 10.3. The number of nitrogens with zero attached hydrogens (tertiary/aromatic N) is 2. The van der Waals surface area contributed by atoms with E-state index in [1.807, 2.05) is 0 Å². The second-order valence-corrected chi connectivity index (χ2v) is 6.03. The minimum Gasteiger partial charge on any atom is -0.369 e. The van der Waals surface area contributed by atoms with Gasteiger partial charge in [-0.05, 0) is 50.3 Å². The van der Waals surface area contributed by atoms with E-state index in [-0.39, 0.29) is 23.5 Å². The van der Waals surface area contributed by atoms with Gasteiger partial charge in [0.05, 0.1) is 0 Å². The molecule has 1 aliphatic carbocycles. The zero-order valence-corrected chi connectivity index (χ0v) is 12.7. The molecule has 0 bridgehead atoms. The number of aromatic nitrogens is 1. The number of rotatable bonds is 1. The van der Waals surface area contributed by atoms with Gasteiger partial charge in [0.2, 0.25) is 0 Å². The van der Waals surface area contributed by atoms with Gasteiger partial charge >= 0.3 is 6.18 Å². The molecule has 1 atom stereocenters. The number of allylic oxidation sites excluding steroid dienone is 1. The number of halogens is 3. The lowest BCUT2D eigenvalue weighted by Gasteiger charge is -2.28. The standard InChI is InChI=1S/C16H17F3N2O2/c1-10-7-8-20-13(9-10)21-12-6-4-2-3-5-11(12)15(23,14(21)22)16(17,18)19/h7-9,23H,2-6H2,1H3. The monoisotopic (exact) mass is 326 g/mol. The molecule has 0 saturated carbocycles. The molecule has 1 aromatic heterocycles. The maximum Gasteiger partial charge on any atom is 0.430 e. The quantitative estimate of drug-likeness (QED) is 0.862. The Morgan fingerprint density at radius 1 is 1.26 bits per heavy atom. The van der Waals surface area contributed by atoms with Gasteiger partial charge in [-0.2, -0.15) is 13.2 Å². The number of carbonyl (C=O) groups is 1. The molecule has 1 aromatic rings. The van der Waals surface area contributed by atoms with E-state index >= 15 is 0 Å². The van der Waals surface area contributed by atoms with Crippen molar-refractivity contribution < 1.29 is 23.1 Å². The summed E-state index contributed by atoms with van der Waals surface area (Å²) in [6, 6.07) is 3.25. The van der Waals surface area contributed by atoms with Crippen LogP contribution in [0.5, 0.6) is 0 Å². The number of hydrogen-bond donors (Lipinski definition) is 1. The van der Waals surface area contributed by atoms with Gasteiger partial charge in [0.1, 0.15) is 5.82 Å². The van der Waals surface area contributed by atoms with Crippen LogP contribution in [0.2, 0.25) is 0 Å². The van der Waals surface area contributed by atoms with Gasteiger partial charge in [0, 0.05) is 17.5 Å². The van der Waals surface area contributed by atoms with Gasteiger partial charge in [-0.1, -0.05) is 6.42 Å². The number of amides is 1. The lowest BCUT2D eigenvalue weighted by atomic mass is 9.90. The zero-order chi connectivity index (χ0) is 16.8. The first-order valence-electron chi connectivity index (χ1n) is 7.55. The van der Waals surface area contributed by atoms with Crippen LogP contribution in [0.4, 0.5) is 19.0 Å². The number of hydrogen-bond acceptors (Lipinski definition) is 3. The second-order valence-electron chi connectivity index (χ2n) is 6.03. The van der Waals surface area contributed by atoms with Crippen molar-refractivity contribution in [3.05, 3.63) is 35.2 Å². The Balaban J connectivity index is 2.18. The summed E-state index contributed by atoms with van der Waals surface area (Å²) in [5.74, 6) is -1.24. The van der Waals surface area contributed by atoms with Crippen LogP contribution >= 0.6 is 0 Å².